The number of amides is 1. The number of nitrogens with one attached hydrogen (secondary N) is 1. The molecule has 0 aromatic heterocycles. The van der Waals surface area contributed by atoms with E-state index >= 15 is 0 Å². The first-order valence-corrected chi connectivity index (χ1v) is 5.49. The Labute approximate surface area is 91.3 Å². The van der Waals surface area contributed by atoms with Crippen LogP contribution in [0.25, 0.3) is 0 Å². The number of rotatable bonds is 4. The summed E-state index contributed by atoms with van der Waals surface area (Å²) >= 11 is 0. The van der Waals surface area contributed by atoms with Crippen LogP contribution in [0.3, 0.4) is 0 Å². The van der Waals surface area contributed by atoms with Gasteiger partial charge in [-0.3, -0.25) is 4.79 Å². The van der Waals surface area contributed by atoms with Gasteiger partial charge in [0.2, 0.25) is 5.91 Å². The van der Waals surface area contributed by atoms with Gasteiger partial charge in [0, 0.05) is 13.2 Å². The molecule has 1 amide bonds. The van der Waals surface area contributed by atoms with Gasteiger partial charge in [0.25, 0.3) is 0 Å². The Balaban J connectivity index is 2.08. The van der Waals surface area contributed by atoms with Crippen LogP contribution in [0, 0.1) is 0 Å². The monoisotopic (exact) mass is 215 g/mol. The third-order valence-electron chi connectivity index (χ3n) is 2.19. The first-order valence-electron chi connectivity index (χ1n) is 5.49. The van der Waals surface area contributed by atoms with Crippen molar-refractivity contribution in [2.75, 3.05) is 19.8 Å². The Morgan fingerprint density at radius 3 is 2.80 bits per heavy atom. The molecule has 1 aliphatic rings. The molecule has 1 fully saturated rings. The van der Waals surface area contributed by atoms with Gasteiger partial charge < -0.3 is 14.8 Å². The smallest absolute Gasteiger partial charge is 0.246 e. The zero-order valence-electron chi connectivity index (χ0n) is 9.84. The highest BCUT2D eigenvalue weighted by Crippen LogP contribution is 2.10. The SMILES string of the molecule is CC(C)(C)OCC(=O)NCC1CCCO1. The minimum atomic E-state index is -0.263. The quantitative estimate of drug-likeness (QED) is 0.764. The molecule has 0 aliphatic carbocycles. The highest BCUT2D eigenvalue weighted by Gasteiger charge is 2.17. The first-order chi connectivity index (χ1) is 6.97. The third-order valence-corrected chi connectivity index (χ3v) is 2.19. The van der Waals surface area contributed by atoms with Gasteiger partial charge in [-0.1, -0.05) is 0 Å². The summed E-state index contributed by atoms with van der Waals surface area (Å²) in [6.45, 7) is 7.34. The molecule has 4 nitrogen and oxygen atoms in total. The fraction of sp³-hybridized carbons (Fsp3) is 0.909. The second-order valence-corrected chi connectivity index (χ2v) is 4.84. The molecule has 0 bridgehead atoms. The fourth-order valence-electron chi connectivity index (χ4n) is 1.37. The van der Waals surface area contributed by atoms with E-state index in [4.69, 9.17) is 9.47 Å². The van der Waals surface area contributed by atoms with Crippen molar-refractivity contribution < 1.29 is 14.3 Å². The lowest BCUT2D eigenvalue weighted by atomic mass is 10.2. The minimum Gasteiger partial charge on any atom is -0.376 e. The second kappa shape index (κ2) is 5.47. The molecule has 0 aromatic carbocycles. The summed E-state index contributed by atoms with van der Waals surface area (Å²) in [5.41, 5.74) is -0.263. The number of ether oxygens (including phenoxy) is 2. The van der Waals surface area contributed by atoms with Gasteiger partial charge in [-0.25, -0.2) is 0 Å². The molecule has 88 valence electrons. The van der Waals surface area contributed by atoms with Crippen LogP contribution in [0.4, 0.5) is 0 Å². The average molecular weight is 215 g/mol. The van der Waals surface area contributed by atoms with E-state index in [1.165, 1.54) is 0 Å². The second-order valence-electron chi connectivity index (χ2n) is 4.84. The molecular weight excluding hydrogens is 194 g/mol. The molecule has 0 spiro atoms. The van der Waals surface area contributed by atoms with Crippen LogP contribution in [-0.4, -0.2) is 37.4 Å². The Kier molecular flexibility index (Phi) is 4.54. The van der Waals surface area contributed by atoms with Gasteiger partial charge in [-0.2, -0.15) is 0 Å². The minimum absolute atomic E-state index is 0.0691. The molecule has 1 aliphatic heterocycles. The molecule has 4 heteroatoms. The summed E-state index contributed by atoms with van der Waals surface area (Å²) in [7, 11) is 0. The predicted molar refractivity (Wildman–Crippen MR) is 57.7 cm³/mol. The maximum Gasteiger partial charge on any atom is 0.246 e. The largest absolute Gasteiger partial charge is 0.376 e. The van der Waals surface area contributed by atoms with Gasteiger partial charge in [0.05, 0.1) is 11.7 Å². The summed E-state index contributed by atoms with van der Waals surface area (Å²) in [6.07, 6.45) is 2.34. The van der Waals surface area contributed by atoms with Crippen LogP contribution in [-0.2, 0) is 14.3 Å². The molecule has 0 radical (unpaired) electrons. The van der Waals surface area contributed by atoms with Crippen LogP contribution in [0.15, 0.2) is 0 Å². The molecule has 0 saturated carbocycles. The van der Waals surface area contributed by atoms with E-state index in [0.717, 1.165) is 19.4 Å². The van der Waals surface area contributed by atoms with Crippen molar-refractivity contribution in [1.29, 1.82) is 0 Å². The molecule has 1 saturated heterocycles. The van der Waals surface area contributed by atoms with Crippen LogP contribution >= 0.6 is 0 Å². The Bertz CT molecular complexity index is 204. The summed E-state index contributed by atoms with van der Waals surface area (Å²) in [5.74, 6) is -0.0691. The molecule has 1 N–H and O–H groups in total. The van der Waals surface area contributed by atoms with Crippen LogP contribution < -0.4 is 5.32 Å². The van der Waals surface area contributed by atoms with E-state index in [-0.39, 0.29) is 24.2 Å². The van der Waals surface area contributed by atoms with Crippen LogP contribution in [0.1, 0.15) is 33.6 Å². The van der Waals surface area contributed by atoms with E-state index in [1.807, 2.05) is 20.8 Å². The van der Waals surface area contributed by atoms with Crippen LogP contribution in [0.5, 0.6) is 0 Å². The van der Waals surface area contributed by atoms with Crippen molar-refractivity contribution >= 4 is 5.91 Å². The van der Waals surface area contributed by atoms with Gasteiger partial charge in [-0.05, 0) is 33.6 Å². The Morgan fingerprint density at radius 1 is 1.53 bits per heavy atom. The standard InChI is InChI=1S/C11H21NO3/c1-11(2,3)15-8-10(13)12-7-9-5-4-6-14-9/h9H,4-8H2,1-3H3,(H,12,13). The molecular formula is C11H21NO3. The van der Waals surface area contributed by atoms with Gasteiger partial charge in [0.1, 0.15) is 6.61 Å². The van der Waals surface area contributed by atoms with E-state index in [1.54, 1.807) is 0 Å². The van der Waals surface area contributed by atoms with Gasteiger partial charge in [-0.15, -0.1) is 0 Å². The zero-order chi connectivity index (χ0) is 11.3. The van der Waals surface area contributed by atoms with Crippen molar-refractivity contribution in [1.82, 2.24) is 5.32 Å². The van der Waals surface area contributed by atoms with Crippen molar-refractivity contribution in [2.24, 2.45) is 0 Å². The van der Waals surface area contributed by atoms with Crippen molar-refractivity contribution in [3.05, 3.63) is 0 Å². The molecule has 1 rings (SSSR count). The zero-order valence-corrected chi connectivity index (χ0v) is 9.84. The summed E-state index contributed by atoms with van der Waals surface area (Å²) in [5, 5.41) is 2.81. The number of hydrogen-bond donors (Lipinski definition) is 1. The fourth-order valence-corrected chi connectivity index (χ4v) is 1.37. The highest BCUT2D eigenvalue weighted by molar-refractivity contribution is 5.77. The average Bonchev–Trinajstić information content (AvgIpc) is 2.62. The molecule has 1 unspecified atom stereocenters. The van der Waals surface area contributed by atoms with E-state index in [2.05, 4.69) is 5.32 Å². The van der Waals surface area contributed by atoms with E-state index in [0.29, 0.717) is 6.54 Å². The highest BCUT2D eigenvalue weighted by atomic mass is 16.5. The van der Waals surface area contributed by atoms with Crippen molar-refractivity contribution in [3.63, 3.8) is 0 Å². The van der Waals surface area contributed by atoms with E-state index in [9.17, 15) is 4.79 Å². The summed E-state index contributed by atoms with van der Waals surface area (Å²) < 4.78 is 10.7. The molecule has 0 aromatic rings. The Morgan fingerprint density at radius 2 is 2.27 bits per heavy atom. The topological polar surface area (TPSA) is 47.6 Å². The van der Waals surface area contributed by atoms with Crippen molar-refractivity contribution in [3.8, 4) is 0 Å². The normalized spacial score (nSPS) is 21.7. The maximum absolute atomic E-state index is 11.4. The lowest BCUT2D eigenvalue weighted by Crippen LogP contribution is -2.36. The van der Waals surface area contributed by atoms with E-state index < -0.39 is 0 Å². The van der Waals surface area contributed by atoms with Gasteiger partial charge >= 0.3 is 0 Å². The summed E-state index contributed by atoms with van der Waals surface area (Å²) in [6, 6.07) is 0. The molecule has 1 heterocycles. The summed E-state index contributed by atoms with van der Waals surface area (Å²) in [4.78, 5) is 11.4. The molecule has 1 atom stereocenters. The third kappa shape index (κ3) is 5.74. The number of hydrogen-bond acceptors (Lipinski definition) is 3. The lowest BCUT2D eigenvalue weighted by Gasteiger charge is -2.19. The number of carbonyl (C=O) groups is 1. The van der Waals surface area contributed by atoms with Gasteiger partial charge in [0.15, 0.2) is 0 Å². The first kappa shape index (κ1) is 12.5. The predicted octanol–water partition coefficient (Wildman–Crippen LogP) is 1.10. The maximum atomic E-state index is 11.4. The molecule has 15 heavy (non-hydrogen) atoms. The lowest BCUT2D eigenvalue weighted by molar-refractivity contribution is -0.131. The number of carbonyl (C=O) groups excluding carboxylic acids is 1. The Hall–Kier alpha value is -0.610. The van der Waals surface area contributed by atoms with Crippen LogP contribution in [0.2, 0.25) is 0 Å². The van der Waals surface area contributed by atoms with Crippen molar-refractivity contribution in [2.45, 2.75) is 45.3 Å².